The molecule has 0 aromatic heterocycles. The van der Waals surface area contributed by atoms with E-state index in [2.05, 4.69) is 35.1 Å². The molecule has 0 unspecified atom stereocenters. The summed E-state index contributed by atoms with van der Waals surface area (Å²) in [5.74, 6) is 1.68. The van der Waals surface area contributed by atoms with E-state index in [1.807, 2.05) is 24.3 Å². The minimum atomic E-state index is -0.254. The van der Waals surface area contributed by atoms with Gasteiger partial charge in [-0.3, -0.25) is 0 Å². The molecule has 0 spiro atoms. The van der Waals surface area contributed by atoms with Gasteiger partial charge in [0.05, 0.1) is 4.47 Å². The lowest BCUT2D eigenvalue weighted by molar-refractivity contribution is 0.463. The molecule has 21 heavy (non-hydrogen) atoms. The Morgan fingerprint density at radius 3 is 2.62 bits per heavy atom. The Bertz CT molecular complexity index is 601. The van der Waals surface area contributed by atoms with Crippen LogP contribution in [0, 0.1) is 11.7 Å². The number of para-hydroxylation sites is 1. The molecule has 0 amide bonds. The fraction of sp³-hybridized carbons (Fsp3) is 0.294. The lowest BCUT2D eigenvalue weighted by Gasteiger charge is -2.14. The molecule has 0 atom stereocenters. The highest BCUT2D eigenvalue weighted by Gasteiger charge is 2.09. The molecule has 0 heterocycles. The van der Waals surface area contributed by atoms with Crippen LogP contribution in [0.15, 0.2) is 46.9 Å². The molecule has 0 aliphatic heterocycles. The van der Waals surface area contributed by atoms with Gasteiger partial charge < -0.3 is 10.1 Å². The summed E-state index contributed by atoms with van der Waals surface area (Å²) in [6.45, 7) is 5.73. The topological polar surface area (TPSA) is 21.3 Å². The van der Waals surface area contributed by atoms with Gasteiger partial charge in [-0.2, -0.15) is 0 Å². The molecule has 0 bridgehead atoms. The Hall–Kier alpha value is -1.39. The number of rotatable bonds is 6. The summed E-state index contributed by atoms with van der Waals surface area (Å²) in [5, 5.41) is 3.31. The molecule has 0 fully saturated rings. The van der Waals surface area contributed by atoms with Gasteiger partial charge in [-0.25, -0.2) is 4.39 Å². The first kappa shape index (κ1) is 16.0. The van der Waals surface area contributed by atoms with Crippen molar-refractivity contribution in [2.45, 2.75) is 20.4 Å². The number of hydrogen-bond acceptors (Lipinski definition) is 2. The van der Waals surface area contributed by atoms with Gasteiger partial charge in [0.1, 0.15) is 17.3 Å². The van der Waals surface area contributed by atoms with Gasteiger partial charge in [0.15, 0.2) is 0 Å². The molecule has 0 radical (unpaired) electrons. The standard InChI is InChI=1S/C17H19BrFNO/c1-12(2)10-20-11-13-9-14(19)7-8-16(13)21-17-6-4-3-5-15(17)18/h3-9,12,20H,10-11H2,1-2H3. The van der Waals surface area contributed by atoms with Crippen molar-refractivity contribution >= 4 is 15.9 Å². The smallest absolute Gasteiger partial charge is 0.141 e. The van der Waals surface area contributed by atoms with Crippen LogP contribution < -0.4 is 10.1 Å². The molecule has 4 heteroatoms. The summed E-state index contributed by atoms with van der Waals surface area (Å²) in [4.78, 5) is 0. The maximum Gasteiger partial charge on any atom is 0.141 e. The van der Waals surface area contributed by atoms with Crippen LogP contribution in [-0.2, 0) is 6.54 Å². The molecule has 112 valence electrons. The first-order valence-corrected chi connectivity index (χ1v) is 7.77. The minimum Gasteiger partial charge on any atom is -0.456 e. The summed E-state index contributed by atoms with van der Waals surface area (Å²) in [6, 6.07) is 12.2. The maximum absolute atomic E-state index is 13.5. The van der Waals surface area contributed by atoms with Gasteiger partial charge >= 0.3 is 0 Å². The van der Waals surface area contributed by atoms with Crippen molar-refractivity contribution in [3.05, 3.63) is 58.3 Å². The third kappa shape index (κ3) is 4.83. The van der Waals surface area contributed by atoms with Crippen LogP contribution in [-0.4, -0.2) is 6.54 Å². The maximum atomic E-state index is 13.5. The third-order valence-electron chi connectivity index (χ3n) is 2.95. The lowest BCUT2D eigenvalue weighted by atomic mass is 10.1. The third-order valence-corrected chi connectivity index (χ3v) is 3.60. The van der Waals surface area contributed by atoms with E-state index in [1.54, 1.807) is 6.07 Å². The fourth-order valence-corrected chi connectivity index (χ4v) is 2.29. The van der Waals surface area contributed by atoms with E-state index in [9.17, 15) is 4.39 Å². The number of halogens is 2. The molecule has 2 aromatic carbocycles. The molecule has 1 N–H and O–H groups in total. The zero-order valence-corrected chi connectivity index (χ0v) is 13.8. The lowest BCUT2D eigenvalue weighted by Crippen LogP contribution is -2.19. The van der Waals surface area contributed by atoms with Gasteiger partial charge in [0, 0.05) is 12.1 Å². The number of benzene rings is 2. The first-order chi connectivity index (χ1) is 10.1. The summed E-state index contributed by atoms with van der Waals surface area (Å²) in [6.07, 6.45) is 0. The van der Waals surface area contributed by atoms with Crippen molar-refractivity contribution < 1.29 is 9.13 Å². The molecule has 0 aliphatic carbocycles. The zero-order chi connectivity index (χ0) is 15.2. The van der Waals surface area contributed by atoms with E-state index in [0.717, 1.165) is 16.6 Å². The quantitative estimate of drug-likeness (QED) is 0.779. The van der Waals surface area contributed by atoms with E-state index >= 15 is 0 Å². The molecular weight excluding hydrogens is 333 g/mol. The van der Waals surface area contributed by atoms with Crippen LogP contribution in [0.4, 0.5) is 4.39 Å². The average molecular weight is 352 g/mol. The second kappa shape index (κ2) is 7.57. The monoisotopic (exact) mass is 351 g/mol. The summed E-state index contributed by atoms with van der Waals surface area (Å²) in [5.41, 5.74) is 0.811. The van der Waals surface area contributed by atoms with E-state index in [-0.39, 0.29) is 5.82 Å². The second-order valence-electron chi connectivity index (χ2n) is 5.31. The van der Waals surface area contributed by atoms with E-state index < -0.39 is 0 Å². The Morgan fingerprint density at radius 2 is 1.90 bits per heavy atom. The van der Waals surface area contributed by atoms with Crippen LogP contribution in [0.5, 0.6) is 11.5 Å². The van der Waals surface area contributed by atoms with Crippen molar-refractivity contribution in [1.29, 1.82) is 0 Å². The molecule has 0 aliphatic rings. The number of ether oxygens (including phenoxy) is 1. The summed E-state index contributed by atoms with van der Waals surface area (Å²) >= 11 is 3.45. The fourth-order valence-electron chi connectivity index (χ4n) is 1.93. The second-order valence-corrected chi connectivity index (χ2v) is 6.16. The largest absolute Gasteiger partial charge is 0.456 e. The van der Waals surface area contributed by atoms with Crippen LogP contribution in [0.1, 0.15) is 19.4 Å². The molecule has 0 saturated heterocycles. The van der Waals surface area contributed by atoms with Gasteiger partial charge in [0.25, 0.3) is 0 Å². The van der Waals surface area contributed by atoms with Crippen molar-refractivity contribution in [1.82, 2.24) is 5.32 Å². The summed E-state index contributed by atoms with van der Waals surface area (Å²) < 4.78 is 20.2. The SMILES string of the molecule is CC(C)CNCc1cc(F)ccc1Oc1ccccc1Br. The average Bonchev–Trinajstić information content (AvgIpc) is 2.43. The zero-order valence-electron chi connectivity index (χ0n) is 12.2. The van der Waals surface area contributed by atoms with Crippen LogP contribution in [0.25, 0.3) is 0 Å². The Kier molecular flexibility index (Phi) is 5.76. The van der Waals surface area contributed by atoms with Crippen molar-refractivity contribution in [3.63, 3.8) is 0 Å². The predicted octanol–water partition coefficient (Wildman–Crippen LogP) is 5.13. The van der Waals surface area contributed by atoms with E-state index in [4.69, 9.17) is 4.74 Å². The van der Waals surface area contributed by atoms with Gasteiger partial charge in [-0.1, -0.05) is 26.0 Å². The van der Waals surface area contributed by atoms with E-state index in [1.165, 1.54) is 12.1 Å². The van der Waals surface area contributed by atoms with Gasteiger partial charge in [0.2, 0.25) is 0 Å². The van der Waals surface area contributed by atoms with Crippen molar-refractivity contribution in [2.75, 3.05) is 6.54 Å². The Morgan fingerprint density at radius 1 is 1.14 bits per heavy atom. The van der Waals surface area contributed by atoms with Crippen molar-refractivity contribution in [3.8, 4) is 11.5 Å². The van der Waals surface area contributed by atoms with Crippen LogP contribution in [0.3, 0.4) is 0 Å². The molecular formula is C17H19BrFNO. The van der Waals surface area contributed by atoms with E-state index in [0.29, 0.717) is 24.0 Å². The predicted molar refractivity (Wildman–Crippen MR) is 87.2 cm³/mol. The normalized spacial score (nSPS) is 10.9. The molecule has 2 aromatic rings. The number of hydrogen-bond donors (Lipinski definition) is 1. The molecule has 2 rings (SSSR count). The highest BCUT2D eigenvalue weighted by molar-refractivity contribution is 9.10. The number of nitrogens with one attached hydrogen (secondary N) is 1. The van der Waals surface area contributed by atoms with Crippen LogP contribution in [0.2, 0.25) is 0 Å². The Labute approximate surface area is 133 Å². The summed E-state index contributed by atoms with van der Waals surface area (Å²) in [7, 11) is 0. The van der Waals surface area contributed by atoms with Gasteiger partial charge in [-0.15, -0.1) is 0 Å². The molecule has 2 nitrogen and oxygen atoms in total. The van der Waals surface area contributed by atoms with Gasteiger partial charge in [-0.05, 0) is 58.7 Å². The highest BCUT2D eigenvalue weighted by atomic mass is 79.9. The molecule has 0 saturated carbocycles. The van der Waals surface area contributed by atoms with Crippen LogP contribution >= 0.6 is 15.9 Å². The Balaban J connectivity index is 2.16. The minimum absolute atomic E-state index is 0.254. The first-order valence-electron chi connectivity index (χ1n) is 6.98. The van der Waals surface area contributed by atoms with Crippen molar-refractivity contribution in [2.24, 2.45) is 5.92 Å². The highest BCUT2D eigenvalue weighted by Crippen LogP contribution is 2.31.